The van der Waals surface area contributed by atoms with Crippen LogP contribution in [0.15, 0.2) is 47.4 Å². The Morgan fingerprint density at radius 1 is 1.03 bits per heavy atom. The molecule has 7 heteroatoms. The number of carbonyl (C=O) groups excluding carboxylic acids is 1. The highest BCUT2D eigenvalue weighted by Gasteiger charge is 2.20. The maximum Gasteiger partial charge on any atom is 0.280 e. The number of benzene rings is 2. The summed E-state index contributed by atoms with van der Waals surface area (Å²) in [6.07, 6.45) is 1.61. The number of pyridine rings is 1. The molecule has 0 saturated carbocycles. The fourth-order valence-corrected chi connectivity index (χ4v) is 4.79. The molecule has 0 aliphatic carbocycles. The number of amides is 1. The number of nitrogens with one attached hydrogen (secondary N) is 1. The molecule has 1 aliphatic rings. The third-order valence-electron chi connectivity index (χ3n) is 5.82. The fourth-order valence-electron chi connectivity index (χ4n) is 3.89. The first-order valence-corrected chi connectivity index (χ1v) is 11.2. The Hall–Kier alpha value is -3.06. The van der Waals surface area contributed by atoms with Crippen molar-refractivity contribution in [2.75, 3.05) is 24.6 Å². The predicted octanol–water partition coefficient (Wildman–Crippen LogP) is 3.67. The van der Waals surface area contributed by atoms with E-state index in [9.17, 15) is 9.59 Å². The molecule has 2 aromatic heterocycles. The molecule has 5 rings (SSSR count). The lowest BCUT2D eigenvalue weighted by atomic mass is 10.1. The van der Waals surface area contributed by atoms with Gasteiger partial charge in [0.1, 0.15) is 0 Å². The van der Waals surface area contributed by atoms with Crippen LogP contribution in [0, 0.1) is 13.8 Å². The maximum absolute atomic E-state index is 13.0. The molecule has 4 aromatic rings. The zero-order chi connectivity index (χ0) is 20.8. The molecule has 1 saturated heterocycles. The summed E-state index contributed by atoms with van der Waals surface area (Å²) >= 11 is 1.87. The van der Waals surface area contributed by atoms with Gasteiger partial charge in [-0.2, -0.15) is 11.8 Å². The van der Waals surface area contributed by atoms with Gasteiger partial charge in [0.05, 0.1) is 22.1 Å². The zero-order valence-electron chi connectivity index (χ0n) is 16.9. The molecule has 1 aliphatic heterocycles. The third kappa shape index (κ3) is 3.10. The Kier molecular flexibility index (Phi) is 4.62. The van der Waals surface area contributed by atoms with Gasteiger partial charge in [-0.25, -0.2) is 4.68 Å². The lowest BCUT2D eigenvalue weighted by Gasteiger charge is -2.26. The normalized spacial score (nSPS) is 14.5. The minimum Gasteiger partial charge on any atom is -0.337 e. The van der Waals surface area contributed by atoms with Crippen LogP contribution in [0.5, 0.6) is 0 Å². The Bertz CT molecular complexity index is 1350. The van der Waals surface area contributed by atoms with Gasteiger partial charge in [-0.05, 0) is 55.3 Å². The SMILES string of the molecule is Cc1ccc(-n2[nH]c3c(cnc4ccc(C(=O)N5CCSCC5)cc43)c2=O)cc1C. The molecule has 1 N–H and O–H groups in total. The molecule has 1 amide bonds. The van der Waals surface area contributed by atoms with E-state index >= 15 is 0 Å². The molecule has 30 heavy (non-hydrogen) atoms. The minimum absolute atomic E-state index is 0.0325. The van der Waals surface area contributed by atoms with Gasteiger partial charge < -0.3 is 4.90 Å². The predicted molar refractivity (Wildman–Crippen MR) is 122 cm³/mol. The summed E-state index contributed by atoms with van der Waals surface area (Å²) in [4.78, 5) is 32.4. The van der Waals surface area contributed by atoms with Crippen LogP contribution in [0.3, 0.4) is 0 Å². The van der Waals surface area contributed by atoms with E-state index in [0.29, 0.717) is 16.5 Å². The lowest BCUT2D eigenvalue weighted by Crippen LogP contribution is -2.37. The summed E-state index contributed by atoms with van der Waals surface area (Å²) in [5.74, 6) is 1.97. The van der Waals surface area contributed by atoms with E-state index in [1.54, 1.807) is 10.9 Å². The van der Waals surface area contributed by atoms with Gasteiger partial charge >= 0.3 is 0 Å². The molecule has 0 atom stereocenters. The van der Waals surface area contributed by atoms with Gasteiger partial charge in [0, 0.05) is 41.7 Å². The number of H-pyrrole nitrogens is 1. The van der Waals surface area contributed by atoms with Gasteiger partial charge in [-0.3, -0.25) is 19.7 Å². The van der Waals surface area contributed by atoms with Crippen molar-refractivity contribution in [2.45, 2.75) is 13.8 Å². The van der Waals surface area contributed by atoms with Crippen molar-refractivity contribution in [3.63, 3.8) is 0 Å². The molecule has 0 spiro atoms. The molecular weight excluding hydrogens is 396 g/mol. The molecular formula is C23H22N4O2S. The highest BCUT2D eigenvalue weighted by Crippen LogP contribution is 2.24. The van der Waals surface area contributed by atoms with Crippen LogP contribution < -0.4 is 5.56 Å². The largest absolute Gasteiger partial charge is 0.337 e. The molecule has 2 aromatic carbocycles. The Morgan fingerprint density at radius 3 is 2.60 bits per heavy atom. The highest BCUT2D eigenvalue weighted by atomic mass is 32.2. The smallest absolute Gasteiger partial charge is 0.280 e. The molecule has 152 valence electrons. The molecule has 3 heterocycles. The second-order valence-corrected chi connectivity index (χ2v) is 8.93. The average molecular weight is 419 g/mol. The number of aromatic amines is 1. The molecule has 0 bridgehead atoms. The Labute approximate surface area is 177 Å². The van der Waals surface area contributed by atoms with Crippen LogP contribution in [-0.2, 0) is 0 Å². The van der Waals surface area contributed by atoms with Gasteiger partial charge in [-0.15, -0.1) is 0 Å². The number of aromatic nitrogens is 3. The average Bonchev–Trinajstić information content (AvgIpc) is 3.12. The summed E-state index contributed by atoms with van der Waals surface area (Å²) in [5, 5.41) is 4.55. The number of thioether (sulfide) groups is 1. The Balaban J connectivity index is 1.65. The van der Waals surface area contributed by atoms with E-state index in [0.717, 1.165) is 46.7 Å². The summed E-state index contributed by atoms with van der Waals surface area (Å²) in [6, 6.07) is 11.5. The van der Waals surface area contributed by atoms with Crippen molar-refractivity contribution < 1.29 is 4.79 Å². The summed E-state index contributed by atoms with van der Waals surface area (Å²) in [6.45, 7) is 5.61. The quantitative estimate of drug-likeness (QED) is 0.539. The van der Waals surface area contributed by atoms with Gasteiger partial charge in [0.2, 0.25) is 0 Å². The van der Waals surface area contributed by atoms with Crippen molar-refractivity contribution in [1.29, 1.82) is 0 Å². The van der Waals surface area contributed by atoms with Crippen LogP contribution in [0.1, 0.15) is 21.5 Å². The van der Waals surface area contributed by atoms with E-state index < -0.39 is 0 Å². The number of carbonyl (C=O) groups is 1. The Morgan fingerprint density at radius 2 is 1.83 bits per heavy atom. The number of fused-ring (bicyclic) bond motifs is 3. The van der Waals surface area contributed by atoms with Crippen LogP contribution >= 0.6 is 11.8 Å². The fraction of sp³-hybridized carbons (Fsp3) is 0.261. The topological polar surface area (TPSA) is 71.0 Å². The highest BCUT2D eigenvalue weighted by molar-refractivity contribution is 7.99. The zero-order valence-corrected chi connectivity index (χ0v) is 17.8. The summed E-state index contributed by atoms with van der Waals surface area (Å²) in [5.41, 5.74) is 5.01. The number of hydrogen-bond acceptors (Lipinski definition) is 4. The number of aryl methyl sites for hydroxylation is 2. The summed E-state index contributed by atoms with van der Waals surface area (Å²) in [7, 11) is 0. The van der Waals surface area contributed by atoms with Crippen molar-refractivity contribution in [2.24, 2.45) is 0 Å². The maximum atomic E-state index is 13.0. The molecule has 0 unspecified atom stereocenters. The van der Waals surface area contributed by atoms with Crippen LogP contribution in [0.4, 0.5) is 0 Å². The lowest BCUT2D eigenvalue weighted by molar-refractivity contribution is 0.0772. The van der Waals surface area contributed by atoms with Gasteiger partial charge in [0.25, 0.3) is 11.5 Å². The van der Waals surface area contributed by atoms with Gasteiger partial charge in [-0.1, -0.05) is 6.07 Å². The van der Waals surface area contributed by atoms with E-state index in [2.05, 4.69) is 10.1 Å². The van der Waals surface area contributed by atoms with E-state index in [1.165, 1.54) is 5.56 Å². The molecule has 0 radical (unpaired) electrons. The van der Waals surface area contributed by atoms with Crippen LogP contribution in [0.2, 0.25) is 0 Å². The standard InChI is InChI=1S/C23H22N4O2S/c1-14-3-5-17(11-15(14)2)27-23(29)19-13-24-20-6-4-16(12-18(20)21(19)25-27)22(28)26-7-9-30-10-8-26/h3-6,11-13,25H,7-10H2,1-2H3. The van der Waals surface area contributed by atoms with Crippen molar-refractivity contribution in [3.05, 3.63) is 69.6 Å². The number of hydrogen-bond donors (Lipinski definition) is 1. The molecule has 6 nitrogen and oxygen atoms in total. The van der Waals surface area contributed by atoms with E-state index in [-0.39, 0.29) is 11.5 Å². The third-order valence-corrected chi connectivity index (χ3v) is 6.76. The number of nitrogens with zero attached hydrogens (tertiary/aromatic N) is 3. The minimum atomic E-state index is -0.146. The first-order chi connectivity index (χ1) is 14.5. The van der Waals surface area contributed by atoms with E-state index in [4.69, 9.17) is 0 Å². The number of rotatable bonds is 2. The van der Waals surface area contributed by atoms with Crippen molar-refractivity contribution >= 4 is 39.5 Å². The second kappa shape index (κ2) is 7.32. The van der Waals surface area contributed by atoms with Crippen molar-refractivity contribution in [3.8, 4) is 5.69 Å². The second-order valence-electron chi connectivity index (χ2n) is 7.70. The first-order valence-electron chi connectivity index (χ1n) is 10.0. The first kappa shape index (κ1) is 18.9. The molecule has 1 fully saturated rings. The van der Waals surface area contributed by atoms with E-state index in [1.807, 2.05) is 66.9 Å². The summed E-state index contributed by atoms with van der Waals surface area (Å²) < 4.78 is 1.55. The van der Waals surface area contributed by atoms with Crippen molar-refractivity contribution in [1.82, 2.24) is 19.7 Å². The van der Waals surface area contributed by atoms with Gasteiger partial charge in [0.15, 0.2) is 0 Å². The monoisotopic (exact) mass is 418 g/mol. The van der Waals surface area contributed by atoms with Crippen LogP contribution in [-0.4, -0.2) is 50.2 Å². The van der Waals surface area contributed by atoms with Crippen LogP contribution in [0.25, 0.3) is 27.5 Å².